The molecule has 0 unspecified atom stereocenters. The molecule has 0 fully saturated rings. The van der Waals surface area contributed by atoms with E-state index in [4.69, 9.17) is 0 Å². The van der Waals surface area contributed by atoms with Gasteiger partial charge in [-0.05, 0) is 10.9 Å². The van der Waals surface area contributed by atoms with Gasteiger partial charge in [0, 0.05) is 29.9 Å². The summed E-state index contributed by atoms with van der Waals surface area (Å²) in [6.45, 7) is 0.263. The second-order valence-corrected chi connectivity index (χ2v) is 5.54. The minimum Gasteiger partial charge on any atom is -0.350 e. The third-order valence-electron chi connectivity index (χ3n) is 3.90. The summed E-state index contributed by atoms with van der Waals surface area (Å²) in [5.74, 6) is -2.56. The molecule has 1 amide bonds. The van der Waals surface area contributed by atoms with Crippen LogP contribution < -0.4 is 5.32 Å². The fourth-order valence-electron chi connectivity index (χ4n) is 2.59. The van der Waals surface area contributed by atoms with E-state index in [9.17, 15) is 14.9 Å². The average molecular weight is 329 g/mol. The molecule has 1 heterocycles. The molecule has 3 rings (SSSR count). The summed E-state index contributed by atoms with van der Waals surface area (Å²) in [7, 11) is 0. The summed E-state index contributed by atoms with van der Waals surface area (Å²) in [5, 5.41) is 13.5. The van der Waals surface area contributed by atoms with E-state index in [-0.39, 0.29) is 12.1 Å². The Morgan fingerprint density at radius 2 is 1.76 bits per heavy atom. The average Bonchev–Trinajstić information content (AvgIpc) is 2.67. The lowest BCUT2D eigenvalue weighted by atomic mass is 9.95. The van der Waals surface area contributed by atoms with E-state index in [1.54, 1.807) is 18.3 Å². The Bertz CT molecular complexity index is 956. The van der Waals surface area contributed by atoms with Crippen LogP contribution in [0.4, 0.5) is 0 Å². The summed E-state index contributed by atoms with van der Waals surface area (Å²) in [6.07, 6.45) is 3.04. The van der Waals surface area contributed by atoms with E-state index in [1.165, 1.54) is 6.20 Å². The molecule has 25 heavy (non-hydrogen) atoms. The van der Waals surface area contributed by atoms with Crippen molar-refractivity contribution < 1.29 is 9.59 Å². The Labute approximate surface area is 144 Å². The van der Waals surface area contributed by atoms with E-state index >= 15 is 0 Å². The van der Waals surface area contributed by atoms with Crippen molar-refractivity contribution in [3.63, 3.8) is 0 Å². The van der Waals surface area contributed by atoms with Gasteiger partial charge in [-0.25, -0.2) is 0 Å². The first-order valence-corrected chi connectivity index (χ1v) is 7.79. The van der Waals surface area contributed by atoms with Crippen LogP contribution in [-0.4, -0.2) is 16.7 Å². The quantitative estimate of drug-likeness (QED) is 0.576. The molecule has 2 aromatic carbocycles. The van der Waals surface area contributed by atoms with Crippen LogP contribution in [-0.2, 0) is 11.3 Å². The number of aromatic nitrogens is 1. The Morgan fingerprint density at radius 3 is 2.52 bits per heavy atom. The summed E-state index contributed by atoms with van der Waals surface area (Å²) in [6, 6.07) is 18.4. The number of fused-ring (bicyclic) bond motifs is 1. The predicted molar refractivity (Wildman–Crippen MR) is 93.5 cm³/mol. The number of carbonyl (C=O) groups excluding carboxylic acids is 2. The fourth-order valence-corrected chi connectivity index (χ4v) is 2.59. The highest BCUT2D eigenvalue weighted by atomic mass is 16.2. The molecule has 0 radical (unpaired) electrons. The number of benzene rings is 2. The van der Waals surface area contributed by atoms with E-state index in [2.05, 4.69) is 10.3 Å². The number of rotatable bonds is 5. The molecule has 0 spiro atoms. The normalized spacial score (nSPS) is 11.5. The maximum Gasteiger partial charge on any atom is 0.245 e. The monoisotopic (exact) mass is 329 g/mol. The molecule has 0 bridgehead atoms. The molecule has 5 nitrogen and oxygen atoms in total. The van der Waals surface area contributed by atoms with Crippen molar-refractivity contribution in [1.82, 2.24) is 10.3 Å². The zero-order valence-corrected chi connectivity index (χ0v) is 13.3. The Balaban J connectivity index is 1.81. The van der Waals surface area contributed by atoms with Gasteiger partial charge in [0.15, 0.2) is 11.7 Å². The van der Waals surface area contributed by atoms with Gasteiger partial charge in [0.05, 0.1) is 6.07 Å². The number of carbonyl (C=O) groups is 2. The first kappa shape index (κ1) is 16.3. The molecule has 0 saturated heterocycles. The lowest BCUT2D eigenvalue weighted by Gasteiger charge is -2.11. The first-order chi connectivity index (χ1) is 12.2. The zero-order chi connectivity index (χ0) is 17.6. The van der Waals surface area contributed by atoms with Gasteiger partial charge in [0.1, 0.15) is 0 Å². The van der Waals surface area contributed by atoms with Crippen LogP contribution in [0.5, 0.6) is 0 Å². The number of nitrogens with one attached hydrogen (secondary N) is 1. The maximum atomic E-state index is 12.7. The predicted octanol–water partition coefficient (Wildman–Crippen LogP) is 2.87. The smallest absolute Gasteiger partial charge is 0.245 e. The maximum absolute atomic E-state index is 12.7. The number of hydrogen-bond acceptors (Lipinski definition) is 4. The van der Waals surface area contributed by atoms with Crippen molar-refractivity contribution in [2.24, 2.45) is 5.92 Å². The molecule has 0 aliphatic carbocycles. The van der Waals surface area contributed by atoms with Crippen molar-refractivity contribution in [2.75, 3.05) is 0 Å². The molecular weight excluding hydrogens is 314 g/mol. The van der Waals surface area contributed by atoms with Crippen molar-refractivity contribution in [1.29, 1.82) is 5.26 Å². The summed E-state index contributed by atoms with van der Waals surface area (Å²) in [4.78, 5) is 29.1. The van der Waals surface area contributed by atoms with Crippen LogP contribution in [0.2, 0.25) is 0 Å². The summed E-state index contributed by atoms with van der Waals surface area (Å²) < 4.78 is 0. The molecular formula is C20H15N3O2. The molecule has 3 aromatic rings. The Kier molecular flexibility index (Phi) is 4.82. The molecule has 5 heteroatoms. The van der Waals surface area contributed by atoms with Gasteiger partial charge in [-0.2, -0.15) is 5.26 Å². The van der Waals surface area contributed by atoms with Crippen molar-refractivity contribution in [2.45, 2.75) is 6.54 Å². The number of Topliss-reactive ketones (excluding diaryl/α,β-unsaturated/α-hetero) is 1. The molecule has 1 atom stereocenters. The van der Waals surface area contributed by atoms with Crippen LogP contribution in [0.15, 0.2) is 67.0 Å². The van der Waals surface area contributed by atoms with Gasteiger partial charge in [-0.1, -0.05) is 54.6 Å². The summed E-state index contributed by atoms with van der Waals surface area (Å²) in [5.41, 5.74) is 1.17. The summed E-state index contributed by atoms with van der Waals surface area (Å²) >= 11 is 0. The standard InChI is InChI=1S/C20H15N3O2/c21-10-17(20(25)23-11-14-6-2-1-3-7-14)19(24)18-13-22-12-15-8-4-5-9-16(15)18/h1-9,12-13,17H,11H2,(H,23,25)/t17-/m1/s1. The highest BCUT2D eigenvalue weighted by molar-refractivity contribution is 6.17. The van der Waals surface area contributed by atoms with Crippen molar-refractivity contribution >= 4 is 22.5 Å². The van der Waals surface area contributed by atoms with Crippen LogP contribution >= 0.6 is 0 Å². The van der Waals surface area contributed by atoms with E-state index in [1.807, 2.05) is 48.5 Å². The number of pyridine rings is 1. The van der Waals surface area contributed by atoms with Gasteiger partial charge < -0.3 is 5.32 Å². The highest BCUT2D eigenvalue weighted by Gasteiger charge is 2.28. The number of amides is 1. The van der Waals surface area contributed by atoms with Gasteiger partial charge in [0.2, 0.25) is 5.91 Å². The molecule has 1 aromatic heterocycles. The first-order valence-electron chi connectivity index (χ1n) is 7.79. The molecule has 0 aliphatic rings. The van der Waals surface area contributed by atoms with Crippen LogP contribution in [0.1, 0.15) is 15.9 Å². The molecule has 0 saturated carbocycles. The topological polar surface area (TPSA) is 82.9 Å². The van der Waals surface area contributed by atoms with Gasteiger partial charge in [-0.15, -0.1) is 0 Å². The van der Waals surface area contributed by atoms with Crippen LogP contribution in [0, 0.1) is 17.2 Å². The molecule has 1 N–H and O–H groups in total. The fraction of sp³-hybridized carbons (Fsp3) is 0.100. The highest BCUT2D eigenvalue weighted by Crippen LogP contribution is 2.20. The van der Waals surface area contributed by atoms with Crippen molar-refractivity contribution in [3.8, 4) is 6.07 Å². The van der Waals surface area contributed by atoms with Gasteiger partial charge in [0.25, 0.3) is 0 Å². The number of hydrogen-bond donors (Lipinski definition) is 1. The molecule has 122 valence electrons. The minimum atomic E-state index is -1.41. The van der Waals surface area contributed by atoms with Gasteiger partial charge >= 0.3 is 0 Å². The number of ketones is 1. The SMILES string of the molecule is N#C[C@@H](C(=O)NCc1ccccc1)C(=O)c1cncc2ccccc12. The largest absolute Gasteiger partial charge is 0.350 e. The second kappa shape index (κ2) is 7.37. The molecule has 0 aliphatic heterocycles. The van der Waals surface area contributed by atoms with Crippen LogP contribution in [0.3, 0.4) is 0 Å². The Hall–Kier alpha value is -3.52. The van der Waals surface area contributed by atoms with E-state index < -0.39 is 17.6 Å². The van der Waals surface area contributed by atoms with Crippen molar-refractivity contribution in [3.05, 3.63) is 78.1 Å². The lowest BCUT2D eigenvalue weighted by Crippen LogP contribution is -2.34. The van der Waals surface area contributed by atoms with Gasteiger partial charge in [-0.3, -0.25) is 14.6 Å². The third kappa shape index (κ3) is 3.54. The third-order valence-corrected chi connectivity index (χ3v) is 3.90. The van der Waals surface area contributed by atoms with Crippen LogP contribution in [0.25, 0.3) is 10.8 Å². The Morgan fingerprint density at radius 1 is 1.04 bits per heavy atom. The van der Waals surface area contributed by atoms with E-state index in [0.717, 1.165) is 10.9 Å². The lowest BCUT2D eigenvalue weighted by molar-refractivity contribution is -0.122. The van der Waals surface area contributed by atoms with E-state index in [0.29, 0.717) is 5.39 Å². The number of nitrogens with zero attached hydrogens (tertiary/aromatic N) is 2. The number of nitriles is 1. The zero-order valence-electron chi connectivity index (χ0n) is 13.3. The second-order valence-electron chi connectivity index (χ2n) is 5.54. The minimum absolute atomic E-state index is 0.263.